The van der Waals surface area contributed by atoms with Crippen molar-refractivity contribution in [1.29, 1.82) is 0 Å². The molecule has 0 fully saturated rings. The van der Waals surface area contributed by atoms with Crippen molar-refractivity contribution in [2.24, 2.45) is 18.9 Å². The maximum atomic E-state index is 9.07. The second-order valence-electron chi connectivity index (χ2n) is 5.52. The zero-order valence-electron chi connectivity index (χ0n) is 12.1. The van der Waals surface area contributed by atoms with Crippen LogP contribution in [-0.2, 0) is 13.6 Å². The summed E-state index contributed by atoms with van der Waals surface area (Å²) in [5.41, 5.74) is 2.47. The predicted octanol–water partition coefficient (Wildman–Crippen LogP) is 1.86. The van der Waals surface area contributed by atoms with Crippen molar-refractivity contribution < 1.29 is 5.11 Å². The Balaban J connectivity index is 2.36. The van der Waals surface area contributed by atoms with Gasteiger partial charge in [0, 0.05) is 31.5 Å². The molecule has 0 bridgehead atoms. The number of nitrogens with one attached hydrogen (secondary N) is 1. The summed E-state index contributed by atoms with van der Waals surface area (Å²) in [5.74, 6) is 1.25. The van der Waals surface area contributed by atoms with Gasteiger partial charge < -0.3 is 10.4 Å². The summed E-state index contributed by atoms with van der Waals surface area (Å²) in [7, 11) is 1.96. The Bertz CT molecular complexity index is 347. The van der Waals surface area contributed by atoms with E-state index in [2.05, 4.69) is 31.2 Å². The third-order valence-corrected chi connectivity index (χ3v) is 3.43. The van der Waals surface area contributed by atoms with Gasteiger partial charge in [-0.05, 0) is 38.1 Å². The second kappa shape index (κ2) is 7.54. The highest BCUT2D eigenvalue weighted by Gasteiger charge is 2.11. The number of aryl methyl sites for hydroxylation is 1. The average molecular weight is 253 g/mol. The molecule has 18 heavy (non-hydrogen) atoms. The van der Waals surface area contributed by atoms with Gasteiger partial charge in [0.25, 0.3) is 0 Å². The van der Waals surface area contributed by atoms with E-state index in [0.717, 1.165) is 19.5 Å². The van der Waals surface area contributed by atoms with Crippen molar-refractivity contribution in [2.45, 2.75) is 40.2 Å². The molecule has 0 aromatic carbocycles. The molecule has 1 atom stereocenters. The first-order valence-electron chi connectivity index (χ1n) is 6.83. The van der Waals surface area contributed by atoms with Gasteiger partial charge in [-0.2, -0.15) is 5.10 Å². The molecule has 1 unspecified atom stereocenters. The van der Waals surface area contributed by atoms with Crippen molar-refractivity contribution in [1.82, 2.24) is 15.1 Å². The third kappa shape index (κ3) is 4.78. The van der Waals surface area contributed by atoms with Crippen LogP contribution < -0.4 is 5.32 Å². The molecular formula is C14H27N3O. The Morgan fingerprint density at radius 2 is 2.17 bits per heavy atom. The first kappa shape index (κ1) is 15.2. The van der Waals surface area contributed by atoms with Crippen molar-refractivity contribution in [3.8, 4) is 0 Å². The Kier molecular flexibility index (Phi) is 6.36. The van der Waals surface area contributed by atoms with Crippen LogP contribution in [0.4, 0.5) is 0 Å². The van der Waals surface area contributed by atoms with E-state index in [1.807, 2.05) is 17.9 Å². The molecule has 0 spiro atoms. The van der Waals surface area contributed by atoms with E-state index in [9.17, 15) is 0 Å². The maximum Gasteiger partial charge on any atom is 0.0537 e. The van der Waals surface area contributed by atoms with E-state index in [0.29, 0.717) is 11.8 Å². The Labute approximate surface area is 110 Å². The number of hydrogen-bond donors (Lipinski definition) is 2. The minimum Gasteiger partial charge on any atom is -0.396 e. The molecule has 1 aromatic rings. The fourth-order valence-electron chi connectivity index (χ4n) is 2.28. The topological polar surface area (TPSA) is 50.1 Å². The molecule has 0 saturated carbocycles. The summed E-state index contributed by atoms with van der Waals surface area (Å²) >= 11 is 0. The van der Waals surface area contributed by atoms with Crippen LogP contribution in [0.3, 0.4) is 0 Å². The van der Waals surface area contributed by atoms with Crippen LogP contribution in [-0.4, -0.2) is 28.0 Å². The van der Waals surface area contributed by atoms with Crippen LogP contribution in [0.5, 0.6) is 0 Å². The lowest BCUT2D eigenvalue weighted by molar-refractivity contribution is 0.239. The van der Waals surface area contributed by atoms with Gasteiger partial charge in [0.1, 0.15) is 0 Å². The van der Waals surface area contributed by atoms with Crippen molar-refractivity contribution in [3.05, 3.63) is 17.5 Å². The molecule has 0 aliphatic rings. The lowest BCUT2D eigenvalue weighted by atomic mass is 9.94. The number of rotatable bonds is 8. The maximum absolute atomic E-state index is 9.07. The van der Waals surface area contributed by atoms with Gasteiger partial charge in [-0.25, -0.2) is 0 Å². The van der Waals surface area contributed by atoms with E-state index in [1.165, 1.54) is 17.7 Å². The minimum atomic E-state index is 0.283. The summed E-state index contributed by atoms with van der Waals surface area (Å²) < 4.78 is 1.90. The molecule has 0 aliphatic carbocycles. The van der Waals surface area contributed by atoms with E-state index in [4.69, 9.17) is 5.11 Å². The van der Waals surface area contributed by atoms with Crippen molar-refractivity contribution in [2.75, 3.05) is 13.2 Å². The van der Waals surface area contributed by atoms with Gasteiger partial charge in [-0.15, -0.1) is 0 Å². The molecule has 1 aromatic heterocycles. The van der Waals surface area contributed by atoms with Gasteiger partial charge in [0.15, 0.2) is 0 Å². The molecule has 104 valence electrons. The lowest BCUT2D eigenvalue weighted by Crippen LogP contribution is -2.24. The standard InChI is InChI=1S/C14H27N3O/c1-11(2)7-13(5-6-18)8-15-9-14-10-16-17(4)12(14)3/h10-11,13,15,18H,5-9H2,1-4H3. The highest BCUT2D eigenvalue weighted by atomic mass is 16.3. The van der Waals surface area contributed by atoms with Crippen molar-refractivity contribution in [3.63, 3.8) is 0 Å². The van der Waals surface area contributed by atoms with E-state index >= 15 is 0 Å². The summed E-state index contributed by atoms with van der Waals surface area (Å²) in [5, 5.41) is 16.8. The van der Waals surface area contributed by atoms with Gasteiger partial charge >= 0.3 is 0 Å². The Hall–Kier alpha value is -0.870. The first-order chi connectivity index (χ1) is 8.54. The second-order valence-corrected chi connectivity index (χ2v) is 5.52. The van der Waals surface area contributed by atoms with E-state index in [1.54, 1.807) is 0 Å². The van der Waals surface area contributed by atoms with Gasteiger partial charge in [0.05, 0.1) is 6.20 Å². The molecule has 0 aliphatic heterocycles. The summed E-state index contributed by atoms with van der Waals surface area (Å²) in [6.07, 6.45) is 3.97. The monoisotopic (exact) mass is 253 g/mol. The fourth-order valence-corrected chi connectivity index (χ4v) is 2.28. The zero-order valence-corrected chi connectivity index (χ0v) is 12.1. The molecule has 1 rings (SSSR count). The Morgan fingerprint density at radius 3 is 2.67 bits per heavy atom. The number of aliphatic hydroxyl groups excluding tert-OH is 1. The molecular weight excluding hydrogens is 226 g/mol. The van der Waals surface area contributed by atoms with Crippen LogP contribution >= 0.6 is 0 Å². The number of hydrogen-bond acceptors (Lipinski definition) is 3. The van der Waals surface area contributed by atoms with Crippen LogP contribution in [0.25, 0.3) is 0 Å². The minimum absolute atomic E-state index is 0.283. The van der Waals surface area contributed by atoms with E-state index < -0.39 is 0 Å². The summed E-state index contributed by atoms with van der Waals surface area (Å²) in [4.78, 5) is 0. The zero-order chi connectivity index (χ0) is 13.5. The van der Waals surface area contributed by atoms with Gasteiger partial charge in [-0.3, -0.25) is 4.68 Å². The number of aliphatic hydroxyl groups is 1. The first-order valence-corrected chi connectivity index (χ1v) is 6.83. The quantitative estimate of drug-likeness (QED) is 0.743. The molecule has 4 nitrogen and oxygen atoms in total. The van der Waals surface area contributed by atoms with E-state index in [-0.39, 0.29) is 6.61 Å². The van der Waals surface area contributed by atoms with Crippen LogP contribution in [0.15, 0.2) is 6.20 Å². The third-order valence-electron chi connectivity index (χ3n) is 3.43. The smallest absolute Gasteiger partial charge is 0.0537 e. The normalized spacial score (nSPS) is 13.2. The van der Waals surface area contributed by atoms with Crippen LogP contribution in [0.1, 0.15) is 37.9 Å². The Morgan fingerprint density at radius 1 is 1.44 bits per heavy atom. The van der Waals surface area contributed by atoms with Crippen molar-refractivity contribution >= 4 is 0 Å². The number of nitrogens with zero attached hydrogens (tertiary/aromatic N) is 2. The molecule has 0 amide bonds. The predicted molar refractivity (Wildman–Crippen MR) is 74.3 cm³/mol. The average Bonchev–Trinajstić information content (AvgIpc) is 2.60. The lowest BCUT2D eigenvalue weighted by Gasteiger charge is -2.18. The molecule has 2 N–H and O–H groups in total. The largest absolute Gasteiger partial charge is 0.396 e. The molecule has 4 heteroatoms. The highest BCUT2D eigenvalue weighted by Crippen LogP contribution is 2.14. The summed E-state index contributed by atoms with van der Waals surface area (Å²) in [6.45, 7) is 8.66. The number of aromatic nitrogens is 2. The van der Waals surface area contributed by atoms with Crippen LogP contribution in [0.2, 0.25) is 0 Å². The molecule has 0 saturated heterocycles. The summed E-state index contributed by atoms with van der Waals surface area (Å²) in [6, 6.07) is 0. The molecule has 0 radical (unpaired) electrons. The fraction of sp³-hybridized carbons (Fsp3) is 0.786. The molecule has 1 heterocycles. The SMILES string of the molecule is Cc1c(CNCC(CCO)CC(C)C)cnn1C. The van der Waals surface area contributed by atoms with Gasteiger partial charge in [0.2, 0.25) is 0 Å². The van der Waals surface area contributed by atoms with Gasteiger partial charge in [-0.1, -0.05) is 13.8 Å². The van der Waals surface area contributed by atoms with Crippen LogP contribution in [0, 0.1) is 18.8 Å². The highest BCUT2D eigenvalue weighted by molar-refractivity contribution is 5.15.